The molecule has 4 rings (SSSR count). The van der Waals surface area contributed by atoms with E-state index in [0.29, 0.717) is 18.2 Å². The summed E-state index contributed by atoms with van der Waals surface area (Å²) in [5, 5.41) is 5.84. The Hall–Kier alpha value is -3.05. The molecule has 31 heavy (non-hydrogen) atoms. The Labute approximate surface area is 195 Å². The second kappa shape index (κ2) is 9.40. The predicted octanol–water partition coefficient (Wildman–Crippen LogP) is 5.96. The summed E-state index contributed by atoms with van der Waals surface area (Å²) < 4.78 is 14.7. The van der Waals surface area contributed by atoms with Crippen molar-refractivity contribution in [1.82, 2.24) is 14.8 Å². The molecule has 0 N–H and O–H groups in total. The molecule has 0 radical (unpaired) electrons. The van der Waals surface area contributed by atoms with E-state index in [1.54, 1.807) is 13.3 Å². The number of para-hydroxylation sites is 1. The average molecular weight is 523 g/mol. The Bertz CT molecular complexity index is 1300. The van der Waals surface area contributed by atoms with Crippen molar-refractivity contribution in [2.24, 2.45) is 0 Å². The van der Waals surface area contributed by atoms with Crippen molar-refractivity contribution in [3.05, 3.63) is 75.1 Å². The van der Waals surface area contributed by atoms with Crippen LogP contribution in [0.25, 0.3) is 10.9 Å². The summed E-state index contributed by atoms with van der Waals surface area (Å²) in [7, 11) is 1.68. The number of pyridine rings is 1. The van der Waals surface area contributed by atoms with E-state index in [1.165, 1.54) is 0 Å². The smallest absolute Gasteiger partial charge is 0.232 e. The normalized spacial score (nSPS) is 10.6. The van der Waals surface area contributed by atoms with Crippen LogP contribution in [0.15, 0.2) is 54.7 Å². The third-order valence-electron chi connectivity index (χ3n) is 4.88. The number of aryl methyl sites for hydroxylation is 1. The highest BCUT2D eigenvalue weighted by molar-refractivity contribution is 14.1. The number of fused-ring (bicyclic) bond motifs is 1. The first-order valence-corrected chi connectivity index (χ1v) is 11.1. The molecule has 0 fully saturated rings. The Balaban J connectivity index is 1.84. The molecule has 156 valence electrons. The lowest BCUT2D eigenvalue weighted by molar-refractivity contribution is 0.407. The molecule has 2 aromatic carbocycles. The van der Waals surface area contributed by atoms with Crippen molar-refractivity contribution < 1.29 is 9.47 Å². The largest absolute Gasteiger partial charge is 0.496 e. The molecule has 4 aromatic rings. The second-order valence-corrected chi connectivity index (χ2v) is 8.13. The fraction of sp³-hybridized carbons (Fsp3) is 0.200. The van der Waals surface area contributed by atoms with E-state index in [1.807, 2.05) is 54.9 Å². The highest BCUT2D eigenvalue weighted by Gasteiger charge is 2.15. The fourth-order valence-electron chi connectivity index (χ4n) is 3.39. The van der Waals surface area contributed by atoms with Crippen LogP contribution in [0.3, 0.4) is 0 Å². The van der Waals surface area contributed by atoms with Gasteiger partial charge in [-0.1, -0.05) is 37.0 Å². The maximum absolute atomic E-state index is 6.22. The van der Waals surface area contributed by atoms with Crippen molar-refractivity contribution in [2.75, 3.05) is 7.11 Å². The first-order valence-electron chi connectivity index (χ1n) is 10.0. The van der Waals surface area contributed by atoms with Crippen molar-refractivity contribution in [1.29, 1.82) is 0 Å². The second-order valence-electron chi connectivity index (χ2n) is 6.97. The molecule has 0 bridgehead atoms. The summed E-state index contributed by atoms with van der Waals surface area (Å²) in [5.41, 5.74) is 3.82. The van der Waals surface area contributed by atoms with Gasteiger partial charge in [0.05, 0.1) is 34.0 Å². The van der Waals surface area contributed by atoms with E-state index in [4.69, 9.17) is 14.6 Å². The van der Waals surface area contributed by atoms with E-state index in [0.717, 1.165) is 43.5 Å². The zero-order valence-corrected chi connectivity index (χ0v) is 19.8. The van der Waals surface area contributed by atoms with Gasteiger partial charge in [-0.05, 0) is 53.8 Å². The Morgan fingerprint density at radius 3 is 2.71 bits per heavy atom. The Morgan fingerprint density at radius 1 is 1.10 bits per heavy atom. The molecular weight excluding hydrogens is 501 g/mol. The lowest BCUT2D eigenvalue weighted by atomic mass is 10.1. The van der Waals surface area contributed by atoms with E-state index in [9.17, 15) is 0 Å². The monoisotopic (exact) mass is 523 g/mol. The van der Waals surface area contributed by atoms with Crippen molar-refractivity contribution in [2.45, 2.75) is 26.8 Å². The van der Waals surface area contributed by atoms with Gasteiger partial charge in [0, 0.05) is 29.6 Å². The minimum Gasteiger partial charge on any atom is -0.496 e. The summed E-state index contributed by atoms with van der Waals surface area (Å²) in [6, 6.07) is 15.9. The van der Waals surface area contributed by atoms with Crippen molar-refractivity contribution >= 4 is 33.5 Å². The maximum atomic E-state index is 6.22. The Morgan fingerprint density at radius 2 is 1.94 bits per heavy atom. The minimum atomic E-state index is 0.564. The molecule has 0 unspecified atom stereocenters. The number of methoxy groups -OCH3 is 1. The van der Waals surface area contributed by atoms with Crippen molar-refractivity contribution in [3.8, 4) is 29.2 Å². The standard InChI is InChI=1S/C25H22IN3O2/c1-4-5-9-18-14-20-17(2)28-29(16-19-10-6-7-12-23(19)30-3)22(20)15-24(18)31-25-21(26)11-8-13-27-25/h6-8,10-15H,4,16H2,1-3H3. The lowest BCUT2D eigenvalue weighted by Crippen LogP contribution is -2.04. The number of hydrogen-bond donors (Lipinski definition) is 0. The molecule has 0 aliphatic carbocycles. The van der Waals surface area contributed by atoms with Crippen LogP contribution >= 0.6 is 22.6 Å². The van der Waals surface area contributed by atoms with Crippen LogP contribution in [0.2, 0.25) is 0 Å². The predicted molar refractivity (Wildman–Crippen MR) is 131 cm³/mol. The average Bonchev–Trinajstić information content (AvgIpc) is 3.08. The van der Waals surface area contributed by atoms with Crippen LogP contribution in [0, 0.1) is 22.3 Å². The molecule has 0 aliphatic rings. The van der Waals surface area contributed by atoms with Crippen LogP contribution in [0.4, 0.5) is 0 Å². The van der Waals surface area contributed by atoms with Gasteiger partial charge in [0.1, 0.15) is 11.5 Å². The molecule has 0 saturated carbocycles. The Kier molecular flexibility index (Phi) is 6.42. The van der Waals surface area contributed by atoms with E-state index in [2.05, 4.69) is 51.5 Å². The quantitative estimate of drug-likeness (QED) is 0.240. The number of ether oxygens (including phenoxy) is 2. The molecule has 6 heteroatoms. The molecular formula is C25H22IN3O2. The number of halogens is 1. The van der Waals surface area contributed by atoms with Gasteiger partial charge < -0.3 is 9.47 Å². The molecule has 0 amide bonds. The summed E-state index contributed by atoms with van der Waals surface area (Å²) in [4.78, 5) is 4.38. The van der Waals surface area contributed by atoms with Crippen LogP contribution < -0.4 is 9.47 Å². The zero-order chi connectivity index (χ0) is 21.8. The van der Waals surface area contributed by atoms with Gasteiger partial charge in [0.2, 0.25) is 5.88 Å². The lowest BCUT2D eigenvalue weighted by Gasteiger charge is -2.11. The molecule has 0 spiro atoms. The van der Waals surface area contributed by atoms with Gasteiger partial charge >= 0.3 is 0 Å². The number of hydrogen-bond acceptors (Lipinski definition) is 4. The topological polar surface area (TPSA) is 49.2 Å². The van der Waals surface area contributed by atoms with Gasteiger partial charge in [0.15, 0.2) is 0 Å². The summed E-state index contributed by atoms with van der Waals surface area (Å²) in [6.07, 6.45) is 2.49. The first kappa shape index (κ1) is 21.2. The molecule has 5 nitrogen and oxygen atoms in total. The first-order chi connectivity index (χ1) is 15.1. The molecule has 2 aromatic heterocycles. The summed E-state index contributed by atoms with van der Waals surface area (Å²) >= 11 is 2.22. The van der Waals surface area contributed by atoms with Crippen molar-refractivity contribution in [3.63, 3.8) is 0 Å². The fourth-order valence-corrected chi connectivity index (χ4v) is 3.85. The maximum Gasteiger partial charge on any atom is 0.232 e. The molecule has 0 aliphatic heterocycles. The summed E-state index contributed by atoms with van der Waals surface area (Å²) in [6.45, 7) is 4.64. The molecule has 2 heterocycles. The molecule has 0 atom stereocenters. The van der Waals surface area contributed by atoms with Crippen LogP contribution in [0.5, 0.6) is 17.4 Å². The van der Waals surface area contributed by atoms with E-state index >= 15 is 0 Å². The zero-order valence-electron chi connectivity index (χ0n) is 17.6. The third-order valence-corrected chi connectivity index (χ3v) is 5.70. The summed E-state index contributed by atoms with van der Waals surface area (Å²) in [5.74, 6) is 8.47. The van der Waals surface area contributed by atoms with Gasteiger partial charge in [-0.15, -0.1) is 0 Å². The van der Waals surface area contributed by atoms with Crippen LogP contribution in [-0.4, -0.2) is 21.9 Å². The van der Waals surface area contributed by atoms with Gasteiger partial charge in [-0.3, -0.25) is 4.68 Å². The highest BCUT2D eigenvalue weighted by atomic mass is 127. The van der Waals surface area contributed by atoms with E-state index < -0.39 is 0 Å². The van der Waals surface area contributed by atoms with Crippen LogP contribution in [-0.2, 0) is 6.54 Å². The number of aromatic nitrogens is 3. The minimum absolute atomic E-state index is 0.564. The number of rotatable bonds is 5. The number of benzene rings is 2. The van der Waals surface area contributed by atoms with E-state index in [-0.39, 0.29) is 0 Å². The van der Waals surface area contributed by atoms with Gasteiger partial charge in [0.25, 0.3) is 0 Å². The molecule has 0 saturated heterocycles. The number of nitrogens with zero attached hydrogens (tertiary/aromatic N) is 3. The van der Waals surface area contributed by atoms with Gasteiger partial charge in [-0.25, -0.2) is 4.98 Å². The highest BCUT2D eigenvalue weighted by Crippen LogP contribution is 2.33. The van der Waals surface area contributed by atoms with Crippen LogP contribution in [0.1, 0.15) is 30.2 Å². The third kappa shape index (κ3) is 4.52. The van der Waals surface area contributed by atoms with Gasteiger partial charge in [-0.2, -0.15) is 5.10 Å². The SMILES string of the molecule is CCC#Cc1cc2c(C)nn(Cc3ccccc3OC)c2cc1Oc1ncccc1I.